The number of carbonyl (C=O) groups is 2. The highest BCUT2D eigenvalue weighted by Gasteiger charge is 2.29. The minimum atomic E-state index is -1.16. The van der Waals surface area contributed by atoms with Gasteiger partial charge in [-0.05, 0) is 0 Å². The molecule has 1 aliphatic heterocycles. The highest BCUT2D eigenvalue weighted by molar-refractivity contribution is 5.78. The van der Waals surface area contributed by atoms with Crippen molar-refractivity contribution >= 4 is 11.9 Å². The minimum absolute atomic E-state index is 0.142. The quantitative estimate of drug-likeness (QED) is 0.462. The molecule has 1 heterocycles. The first kappa shape index (κ1) is 7.01. The van der Waals surface area contributed by atoms with Gasteiger partial charge < -0.3 is 9.47 Å². The molecule has 1 atom stereocenters. The normalized spacial score (nSPS) is 24.1. The van der Waals surface area contributed by atoms with Gasteiger partial charge in [0.15, 0.2) is 6.79 Å². The molecule has 1 saturated heterocycles. The summed E-state index contributed by atoms with van der Waals surface area (Å²) in [7, 11) is 0. The van der Waals surface area contributed by atoms with Crippen LogP contribution in [0.3, 0.4) is 0 Å². The largest absolute Gasteiger partial charge is 0.434 e. The first-order valence-corrected chi connectivity index (χ1v) is 2.65. The fourth-order valence-corrected chi connectivity index (χ4v) is 0.523. The summed E-state index contributed by atoms with van der Waals surface area (Å²) in [6.07, 6.45) is -1.16. The van der Waals surface area contributed by atoms with Crippen LogP contribution >= 0.6 is 0 Å². The van der Waals surface area contributed by atoms with Gasteiger partial charge >= 0.3 is 18.2 Å². The van der Waals surface area contributed by atoms with E-state index in [0.717, 1.165) is 0 Å². The third kappa shape index (κ3) is 1.44. The Bertz CT molecular complexity index is 163. The fraction of sp³-hybridized carbons (Fsp3) is 0.600. The molecular weight excluding hydrogens is 140 g/mol. The van der Waals surface area contributed by atoms with E-state index in [-0.39, 0.29) is 6.79 Å². The number of cyclic esters (lactones) is 1. The Morgan fingerprint density at radius 3 is 2.90 bits per heavy atom. The van der Waals surface area contributed by atoms with Crippen molar-refractivity contribution in [2.75, 3.05) is 6.79 Å². The zero-order valence-electron chi connectivity index (χ0n) is 5.33. The highest BCUT2D eigenvalue weighted by atomic mass is 16.8. The zero-order valence-corrected chi connectivity index (χ0v) is 5.33. The second-order valence-electron chi connectivity index (χ2n) is 1.69. The molecule has 0 saturated carbocycles. The molecule has 0 spiro atoms. The number of carbonyl (C=O) groups excluding carboxylic acids is 2. The summed E-state index contributed by atoms with van der Waals surface area (Å²) < 4.78 is 13.3. The van der Waals surface area contributed by atoms with Gasteiger partial charge in [-0.15, -0.1) is 0 Å². The van der Waals surface area contributed by atoms with Gasteiger partial charge in [0.2, 0.25) is 0 Å². The van der Waals surface area contributed by atoms with Crippen LogP contribution in [0.25, 0.3) is 0 Å². The van der Waals surface area contributed by atoms with Crippen LogP contribution in [0.2, 0.25) is 0 Å². The Morgan fingerprint density at radius 1 is 1.80 bits per heavy atom. The molecule has 1 aliphatic rings. The molecule has 1 rings (SSSR count). The average Bonchev–Trinajstić information content (AvgIpc) is 2.15. The van der Waals surface area contributed by atoms with Crippen LogP contribution in [0.1, 0.15) is 6.92 Å². The van der Waals surface area contributed by atoms with E-state index in [4.69, 9.17) is 0 Å². The van der Waals surface area contributed by atoms with Gasteiger partial charge in [-0.2, -0.15) is 0 Å². The lowest BCUT2D eigenvalue weighted by atomic mass is 10.6. The van der Waals surface area contributed by atoms with Crippen LogP contribution in [0, 0.1) is 0 Å². The Hall–Kier alpha value is -1.10. The molecule has 0 aromatic carbocycles. The van der Waals surface area contributed by atoms with E-state index in [1.54, 1.807) is 0 Å². The van der Waals surface area contributed by atoms with Crippen molar-refractivity contribution in [3.8, 4) is 0 Å². The van der Waals surface area contributed by atoms with Crippen molar-refractivity contribution in [3.05, 3.63) is 0 Å². The van der Waals surface area contributed by atoms with Gasteiger partial charge in [0.25, 0.3) is 0 Å². The summed E-state index contributed by atoms with van der Waals surface area (Å²) in [6, 6.07) is 0. The maximum absolute atomic E-state index is 10.5. The van der Waals surface area contributed by atoms with E-state index in [2.05, 4.69) is 14.2 Å². The van der Waals surface area contributed by atoms with Gasteiger partial charge in [0.1, 0.15) is 0 Å². The maximum Gasteiger partial charge on any atom is 0.378 e. The van der Waals surface area contributed by atoms with Crippen molar-refractivity contribution < 1.29 is 23.8 Å². The van der Waals surface area contributed by atoms with E-state index in [1.807, 2.05) is 0 Å². The highest BCUT2D eigenvalue weighted by Crippen LogP contribution is 2.05. The minimum Gasteiger partial charge on any atom is -0.434 e. The molecule has 5 heteroatoms. The second-order valence-corrected chi connectivity index (χ2v) is 1.69. The van der Waals surface area contributed by atoms with Crippen LogP contribution in [0.4, 0.5) is 0 Å². The van der Waals surface area contributed by atoms with Crippen molar-refractivity contribution in [2.45, 2.75) is 13.2 Å². The predicted molar refractivity (Wildman–Crippen MR) is 27.6 cm³/mol. The Kier molecular flexibility index (Phi) is 1.86. The third-order valence-electron chi connectivity index (χ3n) is 0.886. The molecule has 56 valence electrons. The average molecular weight is 146 g/mol. The molecule has 5 nitrogen and oxygen atoms in total. The molecule has 0 aliphatic carbocycles. The predicted octanol–water partition coefficient (Wildman–Crippen LogP) is -0.594. The lowest BCUT2D eigenvalue weighted by molar-refractivity contribution is -0.173. The standard InChI is InChI=1S/C5H6O5/c1-3(6)10-5-4(7)8-2-9-5/h5H,2H2,1H3. The Morgan fingerprint density at radius 2 is 2.50 bits per heavy atom. The maximum atomic E-state index is 10.5. The van der Waals surface area contributed by atoms with Gasteiger partial charge in [0.05, 0.1) is 0 Å². The molecule has 0 N–H and O–H groups in total. The number of ether oxygens (including phenoxy) is 3. The second kappa shape index (κ2) is 2.66. The monoisotopic (exact) mass is 146 g/mol. The van der Waals surface area contributed by atoms with Gasteiger partial charge in [-0.25, -0.2) is 4.79 Å². The van der Waals surface area contributed by atoms with E-state index in [1.165, 1.54) is 6.92 Å². The van der Waals surface area contributed by atoms with Crippen LogP contribution in [0.5, 0.6) is 0 Å². The van der Waals surface area contributed by atoms with Crippen LogP contribution in [-0.2, 0) is 23.8 Å². The molecule has 0 bridgehead atoms. The molecule has 0 amide bonds. The van der Waals surface area contributed by atoms with Gasteiger partial charge in [-0.1, -0.05) is 0 Å². The molecule has 1 unspecified atom stereocenters. The van der Waals surface area contributed by atoms with E-state index in [9.17, 15) is 9.59 Å². The number of rotatable bonds is 1. The zero-order chi connectivity index (χ0) is 7.56. The molecular formula is C5H6O5. The smallest absolute Gasteiger partial charge is 0.378 e. The molecule has 10 heavy (non-hydrogen) atoms. The van der Waals surface area contributed by atoms with Crippen molar-refractivity contribution in [3.63, 3.8) is 0 Å². The number of hydrogen-bond acceptors (Lipinski definition) is 5. The summed E-state index contributed by atoms with van der Waals surface area (Å²) in [5, 5.41) is 0. The van der Waals surface area contributed by atoms with Crippen molar-refractivity contribution in [2.24, 2.45) is 0 Å². The summed E-state index contributed by atoms with van der Waals surface area (Å²) in [5.41, 5.74) is 0. The van der Waals surface area contributed by atoms with Crippen molar-refractivity contribution in [1.82, 2.24) is 0 Å². The van der Waals surface area contributed by atoms with Crippen molar-refractivity contribution in [1.29, 1.82) is 0 Å². The van der Waals surface area contributed by atoms with Crippen LogP contribution < -0.4 is 0 Å². The molecule has 1 fully saturated rings. The van der Waals surface area contributed by atoms with E-state index < -0.39 is 18.2 Å². The SMILES string of the molecule is CC(=O)OC1OCOC1=O. The third-order valence-corrected chi connectivity index (χ3v) is 0.886. The van der Waals surface area contributed by atoms with E-state index in [0.29, 0.717) is 0 Å². The Labute approximate surface area is 56.9 Å². The fourth-order valence-electron chi connectivity index (χ4n) is 0.523. The molecule has 0 aromatic heterocycles. The summed E-state index contributed by atoms with van der Waals surface area (Å²) in [4.78, 5) is 20.7. The van der Waals surface area contributed by atoms with Gasteiger partial charge in [0, 0.05) is 6.92 Å². The van der Waals surface area contributed by atoms with E-state index >= 15 is 0 Å². The summed E-state index contributed by atoms with van der Waals surface area (Å²) in [5.74, 6) is -1.22. The van der Waals surface area contributed by atoms with Crippen LogP contribution in [-0.4, -0.2) is 25.0 Å². The first-order valence-electron chi connectivity index (χ1n) is 2.65. The van der Waals surface area contributed by atoms with Gasteiger partial charge in [-0.3, -0.25) is 9.53 Å². The number of esters is 2. The molecule has 0 aromatic rings. The first-order chi connectivity index (χ1) is 4.70. The molecule has 0 radical (unpaired) electrons. The lowest BCUT2D eigenvalue weighted by Gasteiger charge is -2.02. The van der Waals surface area contributed by atoms with Crippen LogP contribution in [0.15, 0.2) is 0 Å². The number of hydrogen-bond donors (Lipinski definition) is 0. The summed E-state index contributed by atoms with van der Waals surface area (Å²) >= 11 is 0. The Balaban J connectivity index is 2.40. The lowest BCUT2D eigenvalue weighted by Crippen LogP contribution is -2.22. The summed E-state index contributed by atoms with van der Waals surface area (Å²) in [6.45, 7) is 1.05. The topological polar surface area (TPSA) is 61.8 Å².